The highest BCUT2D eigenvalue weighted by atomic mass is 32.2. The normalized spacial score (nSPS) is 11.5. The van der Waals surface area contributed by atoms with E-state index in [2.05, 4.69) is 0 Å². The predicted molar refractivity (Wildman–Crippen MR) is 102 cm³/mol. The second kappa shape index (κ2) is 9.56. The van der Waals surface area contributed by atoms with Gasteiger partial charge >= 0.3 is 0 Å². The van der Waals surface area contributed by atoms with Gasteiger partial charge in [0.25, 0.3) is 0 Å². The zero-order valence-electron chi connectivity index (χ0n) is 15.2. The largest absolute Gasteiger partial charge is 0.490 e. The minimum atomic E-state index is -3.72. The van der Waals surface area contributed by atoms with Crippen molar-refractivity contribution in [3.63, 3.8) is 0 Å². The molecule has 0 fully saturated rings. The summed E-state index contributed by atoms with van der Waals surface area (Å²) in [7, 11) is -3.72. The molecule has 0 bridgehead atoms. The number of hydrogen-bond acceptors (Lipinski definition) is 5. The zero-order valence-corrected chi connectivity index (χ0v) is 16.0. The lowest BCUT2D eigenvalue weighted by atomic mass is 10.2. The third-order valence-corrected chi connectivity index (χ3v) is 5.57. The first-order valence-corrected chi connectivity index (χ1v) is 10.1. The summed E-state index contributed by atoms with van der Waals surface area (Å²) in [6.45, 7) is 5.32. The molecule has 0 atom stereocenters. The topological polar surface area (TPSA) is 81.9 Å². The van der Waals surface area contributed by atoms with Gasteiger partial charge in [-0.05, 0) is 31.5 Å². The van der Waals surface area contributed by atoms with Crippen molar-refractivity contribution in [2.45, 2.75) is 25.3 Å². The molecule has 2 aromatic rings. The lowest BCUT2D eigenvalue weighted by Gasteiger charge is -2.22. The van der Waals surface area contributed by atoms with Gasteiger partial charge in [-0.25, -0.2) is 8.42 Å². The maximum absolute atomic E-state index is 13.1. The van der Waals surface area contributed by atoms with Crippen LogP contribution in [0.25, 0.3) is 0 Å². The number of benzene rings is 2. The second-order valence-corrected chi connectivity index (χ2v) is 7.53. The molecule has 6 nitrogen and oxygen atoms in total. The van der Waals surface area contributed by atoms with Gasteiger partial charge in [0.05, 0.1) is 18.1 Å². The van der Waals surface area contributed by atoms with E-state index in [1.165, 1.54) is 16.4 Å². The molecule has 142 valence electrons. The van der Waals surface area contributed by atoms with E-state index in [-0.39, 0.29) is 24.5 Å². The molecule has 0 saturated heterocycles. The monoisotopic (exact) mass is 378 g/mol. The van der Waals surface area contributed by atoms with E-state index in [0.29, 0.717) is 24.7 Å². The molecule has 0 aliphatic heterocycles. The van der Waals surface area contributed by atoms with E-state index >= 15 is 0 Å². The van der Waals surface area contributed by atoms with Gasteiger partial charge in [0.15, 0.2) is 11.5 Å². The lowest BCUT2D eigenvalue weighted by Crippen LogP contribution is -2.35. The Kier molecular flexibility index (Phi) is 7.44. The van der Waals surface area contributed by atoms with Crippen LogP contribution in [0, 0.1) is 0 Å². The minimum Gasteiger partial charge on any atom is -0.490 e. The molecule has 2 N–H and O–H groups in total. The van der Waals surface area contributed by atoms with Crippen LogP contribution in [-0.4, -0.2) is 39.0 Å². The maximum atomic E-state index is 13.1. The van der Waals surface area contributed by atoms with Crippen molar-refractivity contribution in [1.29, 1.82) is 0 Å². The van der Waals surface area contributed by atoms with Crippen molar-refractivity contribution in [3.8, 4) is 11.5 Å². The summed E-state index contributed by atoms with van der Waals surface area (Å²) in [5.74, 6) is 0.949. The van der Waals surface area contributed by atoms with Crippen LogP contribution in [0.2, 0.25) is 0 Å². The molecule has 0 heterocycles. The molecule has 7 heteroatoms. The van der Waals surface area contributed by atoms with Gasteiger partial charge in [-0.1, -0.05) is 30.3 Å². The van der Waals surface area contributed by atoms with Crippen molar-refractivity contribution >= 4 is 10.0 Å². The number of ether oxygens (including phenoxy) is 2. The summed E-state index contributed by atoms with van der Waals surface area (Å²) in [6, 6.07) is 14.1. The number of sulfonamides is 1. The van der Waals surface area contributed by atoms with E-state index in [1.54, 1.807) is 6.07 Å². The van der Waals surface area contributed by atoms with Crippen LogP contribution >= 0.6 is 0 Å². The van der Waals surface area contributed by atoms with E-state index < -0.39 is 10.0 Å². The maximum Gasteiger partial charge on any atom is 0.243 e. The van der Waals surface area contributed by atoms with Gasteiger partial charge in [-0.3, -0.25) is 0 Å². The van der Waals surface area contributed by atoms with Crippen LogP contribution in [0.1, 0.15) is 19.4 Å². The van der Waals surface area contributed by atoms with Crippen molar-refractivity contribution in [3.05, 3.63) is 54.1 Å². The first kappa shape index (κ1) is 20.2. The van der Waals surface area contributed by atoms with Crippen LogP contribution in [0.5, 0.6) is 11.5 Å². The first-order chi connectivity index (χ1) is 12.5. The van der Waals surface area contributed by atoms with Gasteiger partial charge < -0.3 is 15.2 Å². The molecule has 2 rings (SSSR count). The Bertz CT molecular complexity index is 794. The average molecular weight is 378 g/mol. The molecule has 2 aromatic carbocycles. The van der Waals surface area contributed by atoms with Crippen molar-refractivity contribution in [2.24, 2.45) is 5.73 Å². The molecule has 0 spiro atoms. The Hall–Kier alpha value is -2.09. The Morgan fingerprint density at radius 2 is 1.62 bits per heavy atom. The highest BCUT2D eigenvalue weighted by Gasteiger charge is 2.25. The summed E-state index contributed by atoms with van der Waals surface area (Å²) in [4.78, 5) is 0.161. The molecule has 0 amide bonds. The van der Waals surface area contributed by atoms with Crippen LogP contribution in [-0.2, 0) is 16.6 Å². The van der Waals surface area contributed by atoms with Crippen LogP contribution in [0.15, 0.2) is 53.4 Å². The fourth-order valence-electron chi connectivity index (χ4n) is 2.56. The summed E-state index contributed by atoms with van der Waals surface area (Å²) < 4.78 is 38.7. The van der Waals surface area contributed by atoms with Gasteiger partial charge in [0, 0.05) is 25.7 Å². The van der Waals surface area contributed by atoms with Gasteiger partial charge in [0.1, 0.15) is 0 Å². The van der Waals surface area contributed by atoms with Crippen LogP contribution in [0.4, 0.5) is 0 Å². The standard InChI is InChI=1S/C19H26N2O4S/c1-3-24-18-11-10-17(14-19(18)25-4-2)26(22,23)21(13-12-20)15-16-8-6-5-7-9-16/h5-11,14H,3-4,12-13,15,20H2,1-2H3. The molecule has 26 heavy (non-hydrogen) atoms. The Labute approximate surface area is 155 Å². The predicted octanol–water partition coefficient (Wildman–Crippen LogP) is 2.63. The third-order valence-electron chi connectivity index (χ3n) is 3.73. The van der Waals surface area contributed by atoms with Gasteiger partial charge in [-0.15, -0.1) is 0 Å². The summed E-state index contributed by atoms with van der Waals surface area (Å²) in [6.07, 6.45) is 0. The van der Waals surface area contributed by atoms with Gasteiger partial charge in [-0.2, -0.15) is 4.31 Å². The molecule has 0 aliphatic carbocycles. The minimum absolute atomic E-state index is 0.161. The third kappa shape index (κ3) is 4.97. The lowest BCUT2D eigenvalue weighted by molar-refractivity contribution is 0.287. The Morgan fingerprint density at radius 3 is 2.23 bits per heavy atom. The smallest absolute Gasteiger partial charge is 0.243 e. The highest BCUT2D eigenvalue weighted by molar-refractivity contribution is 7.89. The van der Waals surface area contributed by atoms with Crippen molar-refractivity contribution in [2.75, 3.05) is 26.3 Å². The van der Waals surface area contributed by atoms with Gasteiger partial charge in [0.2, 0.25) is 10.0 Å². The number of nitrogens with zero attached hydrogens (tertiary/aromatic N) is 1. The molecule has 0 unspecified atom stereocenters. The zero-order chi connectivity index (χ0) is 19.0. The van der Waals surface area contributed by atoms with E-state index in [4.69, 9.17) is 15.2 Å². The summed E-state index contributed by atoms with van der Waals surface area (Å²) in [5.41, 5.74) is 6.55. The Balaban J connectivity index is 2.37. The van der Waals surface area contributed by atoms with Crippen molar-refractivity contribution in [1.82, 2.24) is 4.31 Å². The average Bonchev–Trinajstić information content (AvgIpc) is 2.64. The van der Waals surface area contributed by atoms with E-state index in [9.17, 15) is 8.42 Å². The number of nitrogens with two attached hydrogens (primary N) is 1. The molecular weight excluding hydrogens is 352 g/mol. The molecular formula is C19H26N2O4S. The summed E-state index contributed by atoms with van der Waals surface area (Å²) >= 11 is 0. The number of hydrogen-bond donors (Lipinski definition) is 1. The highest BCUT2D eigenvalue weighted by Crippen LogP contribution is 2.31. The van der Waals surface area contributed by atoms with Crippen LogP contribution < -0.4 is 15.2 Å². The quantitative estimate of drug-likeness (QED) is 0.687. The molecule has 0 radical (unpaired) electrons. The fraction of sp³-hybridized carbons (Fsp3) is 0.368. The number of rotatable bonds is 10. The second-order valence-electron chi connectivity index (χ2n) is 5.59. The molecule has 0 aromatic heterocycles. The fourth-order valence-corrected chi connectivity index (χ4v) is 4.02. The molecule has 0 aliphatic rings. The molecule has 0 saturated carbocycles. The SMILES string of the molecule is CCOc1ccc(S(=O)(=O)N(CCN)Cc2ccccc2)cc1OCC. The van der Waals surface area contributed by atoms with E-state index in [1.807, 2.05) is 44.2 Å². The summed E-state index contributed by atoms with van der Waals surface area (Å²) in [5, 5.41) is 0. The first-order valence-electron chi connectivity index (χ1n) is 8.66. The Morgan fingerprint density at radius 1 is 0.962 bits per heavy atom. The van der Waals surface area contributed by atoms with Crippen molar-refractivity contribution < 1.29 is 17.9 Å². The van der Waals surface area contributed by atoms with Crippen LogP contribution in [0.3, 0.4) is 0 Å². The van der Waals surface area contributed by atoms with E-state index in [0.717, 1.165) is 5.56 Å².